The van der Waals surface area contributed by atoms with Crippen molar-refractivity contribution in [3.63, 3.8) is 0 Å². The lowest BCUT2D eigenvalue weighted by Gasteiger charge is -2.22. The van der Waals surface area contributed by atoms with Gasteiger partial charge < -0.3 is 19.9 Å². The first-order chi connectivity index (χ1) is 12.4. The van der Waals surface area contributed by atoms with Crippen molar-refractivity contribution < 1.29 is 14.3 Å². The first-order valence-electron chi connectivity index (χ1n) is 8.40. The number of nitrogens with zero attached hydrogens (tertiary/aromatic N) is 2. The van der Waals surface area contributed by atoms with Gasteiger partial charge in [-0.2, -0.15) is 0 Å². The number of nitrogens with one attached hydrogen (secondary N) is 1. The number of rotatable bonds is 7. The van der Waals surface area contributed by atoms with Gasteiger partial charge in [-0.15, -0.1) is 0 Å². The number of carbonyl (C=O) groups is 2. The van der Waals surface area contributed by atoms with Crippen LogP contribution >= 0.6 is 0 Å². The highest BCUT2D eigenvalue weighted by molar-refractivity contribution is 5.95. The average Bonchev–Trinajstić information content (AvgIpc) is 2.65. The molecule has 26 heavy (non-hydrogen) atoms. The van der Waals surface area contributed by atoms with Crippen LogP contribution in [0.4, 0.5) is 11.4 Å². The molecule has 0 aliphatic heterocycles. The highest BCUT2D eigenvalue weighted by Gasteiger charge is 2.13. The van der Waals surface area contributed by atoms with Gasteiger partial charge in [0, 0.05) is 51.0 Å². The topological polar surface area (TPSA) is 61.9 Å². The number of carbonyl (C=O) groups excluding carboxylic acids is 2. The molecule has 2 amide bonds. The molecule has 0 bridgehead atoms. The second-order valence-corrected chi connectivity index (χ2v) is 6.07. The van der Waals surface area contributed by atoms with E-state index in [9.17, 15) is 9.59 Å². The van der Waals surface area contributed by atoms with Crippen LogP contribution in [0.15, 0.2) is 48.5 Å². The van der Waals surface area contributed by atoms with E-state index in [4.69, 9.17) is 4.74 Å². The van der Waals surface area contributed by atoms with Gasteiger partial charge in [-0.05, 0) is 42.5 Å². The third-order valence-electron chi connectivity index (χ3n) is 4.01. The van der Waals surface area contributed by atoms with Crippen LogP contribution in [-0.2, 0) is 4.79 Å². The van der Waals surface area contributed by atoms with Crippen LogP contribution in [0, 0.1) is 0 Å². The zero-order valence-electron chi connectivity index (χ0n) is 15.7. The molecule has 0 aliphatic carbocycles. The summed E-state index contributed by atoms with van der Waals surface area (Å²) in [5.74, 6) is 0.359. The van der Waals surface area contributed by atoms with Crippen LogP contribution in [0.3, 0.4) is 0 Å². The molecule has 1 N–H and O–H groups in total. The lowest BCUT2D eigenvalue weighted by molar-refractivity contribution is -0.116. The van der Waals surface area contributed by atoms with Crippen LogP contribution in [-0.4, -0.2) is 46.1 Å². The Hall–Kier alpha value is -3.02. The zero-order chi connectivity index (χ0) is 19.1. The molecule has 0 aliphatic rings. The lowest BCUT2D eigenvalue weighted by atomic mass is 10.2. The Kier molecular flexibility index (Phi) is 6.60. The Balaban J connectivity index is 1.98. The fourth-order valence-electron chi connectivity index (χ4n) is 2.55. The third-order valence-corrected chi connectivity index (χ3v) is 4.01. The molecule has 0 heterocycles. The van der Waals surface area contributed by atoms with E-state index in [1.54, 1.807) is 36.3 Å². The van der Waals surface area contributed by atoms with Crippen molar-refractivity contribution in [2.45, 2.75) is 6.92 Å². The Bertz CT molecular complexity index is 757. The molecule has 0 atom stereocenters. The molecule has 0 aromatic heterocycles. The van der Waals surface area contributed by atoms with E-state index < -0.39 is 0 Å². The molecule has 0 unspecified atom stereocenters. The van der Waals surface area contributed by atoms with Gasteiger partial charge in [-0.3, -0.25) is 9.59 Å². The Morgan fingerprint density at radius 1 is 1.04 bits per heavy atom. The molecule has 0 saturated heterocycles. The third kappa shape index (κ3) is 4.99. The number of anilines is 2. The predicted molar refractivity (Wildman–Crippen MR) is 104 cm³/mol. The molecule has 6 nitrogen and oxygen atoms in total. The van der Waals surface area contributed by atoms with Gasteiger partial charge in [-0.1, -0.05) is 6.07 Å². The number of amides is 2. The van der Waals surface area contributed by atoms with E-state index in [1.165, 1.54) is 6.92 Å². The fourth-order valence-corrected chi connectivity index (χ4v) is 2.55. The molecular formula is C20H25N3O3. The number of ether oxygens (including phenoxy) is 1. The van der Waals surface area contributed by atoms with Gasteiger partial charge in [0.2, 0.25) is 5.91 Å². The van der Waals surface area contributed by atoms with Crippen molar-refractivity contribution in [3.8, 4) is 5.75 Å². The van der Waals surface area contributed by atoms with Crippen molar-refractivity contribution >= 4 is 23.2 Å². The molecular weight excluding hydrogens is 330 g/mol. The molecule has 0 spiro atoms. The van der Waals surface area contributed by atoms with Gasteiger partial charge in [0.25, 0.3) is 5.91 Å². The Morgan fingerprint density at radius 3 is 2.27 bits per heavy atom. The maximum atomic E-state index is 12.2. The van der Waals surface area contributed by atoms with E-state index in [1.807, 2.05) is 43.3 Å². The summed E-state index contributed by atoms with van der Waals surface area (Å²) < 4.78 is 5.13. The minimum absolute atomic E-state index is 0.0711. The van der Waals surface area contributed by atoms with Gasteiger partial charge in [0.05, 0.1) is 7.11 Å². The van der Waals surface area contributed by atoms with E-state index in [0.29, 0.717) is 24.4 Å². The second-order valence-electron chi connectivity index (χ2n) is 6.07. The lowest BCUT2D eigenvalue weighted by Crippen LogP contribution is -2.37. The van der Waals surface area contributed by atoms with Crippen molar-refractivity contribution in [2.75, 3.05) is 44.1 Å². The summed E-state index contributed by atoms with van der Waals surface area (Å²) >= 11 is 0. The van der Waals surface area contributed by atoms with Crippen LogP contribution in [0.5, 0.6) is 5.75 Å². The largest absolute Gasteiger partial charge is 0.497 e. The highest BCUT2D eigenvalue weighted by atomic mass is 16.5. The maximum Gasteiger partial charge on any atom is 0.251 e. The van der Waals surface area contributed by atoms with E-state index in [0.717, 1.165) is 11.4 Å². The van der Waals surface area contributed by atoms with E-state index >= 15 is 0 Å². The fraction of sp³-hybridized carbons (Fsp3) is 0.300. The summed E-state index contributed by atoms with van der Waals surface area (Å²) in [6.45, 7) is 2.27. The van der Waals surface area contributed by atoms with Gasteiger partial charge in [0.15, 0.2) is 0 Å². The summed E-state index contributed by atoms with van der Waals surface area (Å²) in [6, 6.07) is 14.7. The molecule has 2 aromatic carbocycles. The quantitative estimate of drug-likeness (QED) is 0.829. The first kappa shape index (κ1) is 19.3. The Labute approximate surface area is 154 Å². The number of hydrogen-bond acceptors (Lipinski definition) is 4. The van der Waals surface area contributed by atoms with Gasteiger partial charge in [0.1, 0.15) is 5.75 Å². The standard InChI is InChI=1S/C20H25N3O3/c1-15(24)23(18-10-8-17(9-11-18)22(2)3)13-12-21-20(25)16-6-5-7-19(14-16)26-4/h5-11,14H,12-13H2,1-4H3,(H,21,25). The van der Waals surface area contributed by atoms with E-state index in [-0.39, 0.29) is 11.8 Å². The summed E-state index contributed by atoms with van der Waals surface area (Å²) in [5.41, 5.74) is 2.39. The second kappa shape index (κ2) is 8.89. The van der Waals surface area contributed by atoms with Crippen molar-refractivity contribution in [1.29, 1.82) is 0 Å². The van der Waals surface area contributed by atoms with E-state index in [2.05, 4.69) is 5.32 Å². The molecule has 2 aromatic rings. The SMILES string of the molecule is COc1cccc(C(=O)NCCN(C(C)=O)c2ccc(N(C)C)cc2)c1. The van der Waals surface area contributed by atoms with Crippen molar-refractivity contribution in [2.24, 2.45) is 0 Å². The monoisotopic (exact) mass is 355 g/mol. The molecule has 2 rings (SSSR count). The van der Waals surface area contributed by atoms with Crippen molar-refractivity contribution in [1.82, 2.24) is 5.32 Å². The normalized spacial score (nSPS) is 10.2. The smallest absolute Gasteiger partial charge is 0.251 e. The molecule has 6 heteroatoms. The molecule has 138 valence electrons. The number of benzene rings is 2. The molecule has 0 fully saturated rings. The molecule has 0 saturated carbocycles. The number of methoxy groups -OCH3 is 1. The first-order valence-corrected chi connectivity index (χ1v) is 8.40. The Morgan fingerprint density at radius 2 is 1.69 bits per heavy atom. The predicted octanol–water partition coefficient (Wildman–Crippen LogP) is 2.54. The van der Waals surface area contributed by atoms with Crippen LogP contribution < -0.4 is 19.9 Å². The van der Waals surface area contributed by atoms with Crippen molar-refractivity contribution in [3.05, 3.63) is 54.1 Å². The van der Waals surface area contributed by atoms with Gasteiger partial charge in [-0.25, -0.2) is 0 Å². The summed E-state index contributed by atoms with van der Waals surface area (Å²) in [6.07, 6.45) is 0. The minimum atomic E-state index is -0.199. The van der Waals surface area contributed by atoms with Crippen LogP contribution in [0.25, 0.3) is 0 Å². The van der Waals surface area contributed by atoms with Gasteiger partial charge >= 0.3 is 0 Å². The number of hydrogen-bond donors (Lipinski definition) is 1. The van der Waals surface area contributed by atoms with Crippen LogP contribution in [0.2, 0.25) is 0 Å². The van der Waals surface area contributed by atoms with Crippen LogP contribution in [0.1, 0.15) is 17.3 Å². The summed E-state index contributed by atoms with van der Waals surface area (Å²) in [5, 5.41) is 2.84. The molecule has 0 radical (unpaired) electrons. The zero-order valence-corrected chi connectivity index (χ0v) is 15.7. The highest BCUT2D eigenvalue weighted by Crippen LogP contribution is 2.19. The average molecular weight is 355 g/mol. The summed E-state index contributed by atoms with van der Waals surface area (Å²) in [7, 11) is 5.49. The maximum absolute atomic E-state index is 12.2. The minimum Gasteiger partial charge on any atom is -0.497 e. The summed E-state index contributed by atoms with van der Waals surface area (Å²) in [4.78, 5) is 27.9.